The van der Waals surface area contributed by atoms with E-state index in [1.54, 1.807) is 7.11 Å². The van der Waals surface area contributed by atoms with Gasteiger partial charge in [-0.2, -0.15) is 4.98 Å². The molecule has 1 aromatic heterocycles. The van der Waals surface area contributed by atoms with E-state index in [0.29, 0.717) is 38.1 Å². The van der Waals surface area contributed by atoms with Crippen molar-refractivity contribution in [2.75, 3.05) is 40.1 Å². The molecule has 1 aliphatic rings. The Hall–Kier alpha value is -1.02. The van der Waals surface area contributed by atoms with Gasteiger partial charge in [-0.1, -0.05) is 5.16 Å². The van der Waals surface area contributed by atoms with Crippen LogP contribution in [0.15, 0.2) is 4.52 Å². The van der Waals surface area contributed by atoms with E-state index >= 15 is 0 Å². The number of morpholine rings is 1. The Morgan fingerprint density at radius 2 is 2.41 bits per heavy atom. The van der Waals surface area contributed by atoms with Gasteiger partial charge in [-0.25, -0.2) is 0 Å². The largest absolute Gasteiger partial charge is 0.382 e. The fourth-order valence-electron chi connectivity index (χ4n) is 1.50. The lowest BCUT2D eigenvalue weighted by atomic mass is 10.2. The van der Waals surface area contributed by atoms with E-state index in [1.165, 1.54) is 0 Å². The standard InChI is InChI=1S/C10H17N3O4/c1-14-4-5-16-7-9-12-10(13-17-9)8-6-15-3-2-11-8/h8,11H,2-7H2,1H3. The highest BCUT2D eigenvalue weighted by Gasteiger charge is 2.20. The highest BCUT2D eigenvalue weighted by Crippen LogP contribution is 2.12. The second-order valence-corrected chi connectivity index (χ2v) is 3.67. The molecule has 7 heteroatoms. The Morgan fingerprint density at radius 3 is 3.18 bits per heavy atom. The molecule has 1 fully saturated rings. The van der Waals surface area contributed by atoms with Gasteiger partial charge in [-0.3, -0.25) is 0 Å². The summed E-state index contributed by atoms with van der Waals surface area (Å²) >= 11 is 0. The normalized spacial score (nSPS) is 20.6. The third-order valence-electron chi connectivity index (χ3n) is 2.37. The molecule has 0 radical (unpaired) electrons. The van der Waals surface area contributed by atoms with Crippen molar-refractivity contribution in [3.05, 3.63) is 11.7 Å². The van der Waals surface area contributed by atoms with Crippen LogP contribution >= 0.6 is 0 Å². The first-order chi connectivity index (χ1) is 8.40. The lowest BCUT2D eigenvalue weighted by Crippen LogP contribution is -2.35. The molecule has 1 aliphatic heterocycles. The third-order valence-corrected chi connectivity index (χ3v) is 2.37. The zero-order chi connectivity index (χ0) is 11.9. The third kappa shape index (κ3) is 3.74. The zero-order valence-corrected chi connectivity index (χ0v) is 9.85. The van der Waals surface area contributed by atoms with Crippen molar-refractivity contribution in [2.45, 2.75) is 12.6 Å². The van der Waals surface area contributed by atoms with Gasteiger partial charge in [0.1, 0.15) is 6.61 Å². The summed E-state index contributed by atoms with van der Waals surface area (Å²) in [5.74, 6) is 1.10. The first kappa shape index (κ1) is 12.4. The average molecular weight is 243 g/mol. The first-order valence-corrected chi connectivity index (χ1v) is 5.60. The Bertz CT molecular complexity index is 325. The van der Waals surface area contributed by atoms with Crippen LogP contribution in [0.3, 0.4) is 0 Å². The Morgan fingerprint density at radius 1 is 1.47 bits per heavy atom. The number of rotatable bonds is 6. The predicted molar refractivity (Wildman–Crippen MR) is 57.4 cm³/mol. The van der Waals surface area contributed by atoms with E-state index in [1.807, 2.05) is 0 Å². The summed E-state index contributed by atoms with van der Waals surface area (Å²) < 4.78 is 20.6. The molecule has 0 aliphatic carbocycles. The fourth-order valence-corrected chi connectivity index (χ4v) is 1.50. The molecule has 1 aromatic rings. The maximum absolute atomic E-state index is 5.33. The lowest BCUT2D eigenvalue weighted by molar-refractivity contribution is 0.0494. The summed E-state index contributed by atoms with van der Waals surface area (Å²) in [6, 6.07) is 0.0141. The van der Waals surface area contributed by atoms with Crippen molar-refractivity contribution in [3.8, 4) is 0 Å². The number of nitrogens with one attached hydrogen (secondary N) is 1. The van der Waals surface area contributed by atoms with Gasteiger partial charge in [0.05, 0.1) is 32.5 Å². The minimum atomic E-state index is 0.0141. The summed E-state index contributed by atoms with van der Waals surface area (Å²) in [4.78, 5) is 4.25. The summed E-state index contributed by atoms with van der Waals surface area (Å²) in [5, 5.41) is 7.15. The van der Waals surface area contributed by atoms with Gasteiger partial charge < -0.3 is 24.1 Å². The van der Waals surface area contributed by atoms with Crippen LogP contribution in [0.5, 0.6) is 0 Å². The van der Waals surface area contributed by atoms with E-state index in [0.717, 1.165) is 13.2 Å². The Kier molecular flexibility index (Phi) is 4.87. The summed E-state index contributed by atoms with van der Waals surface area (Å²) in [6.45, 7) is 3.48. The van der Waals surface area contributed by atoms with Crippen LogP contribution in [0.2, 0.25) is 0 Å². The topological polar surface area (TPSA) is 78.6 Å². The van der Waals surface area contributed by atoms with Crippen molar-refractivity contribution in [2.24, 2.45) is 0 Å². The average Bonchev–Trinajstić information content (AvgIpc) is 2.85. The molecule has 0 bridgehead atoms. The molecule has 1 saturated heterocycles. The van der Waals surface area contributed by atoms with Crippen molar-refractivity contribution in [3.63, 3.8) is 0 Å². The number of hydrogen-bond donors (Lipinski definition) is 1. The van der Waals surface area contributed by atoms with Crippen molar-refractivity contribution >= 4 is 0 Å². The number of nitrogens with zero attached hydrogens (tertiary/aromatic N) is 2. The molecule has 1 N–H and O–H groups in total. The van der Waals surface area contributed by atoms with Gasteiger partial charge in [0, 0.05) is 13.7 Å². The summed E-state index contributed by atoms with van der Waals surface area (Å²) in [7, 11) is 1.63. The second-order valence-electron chi connectivity index (χ2n) is 3.67. The molecular weight excluding hydrogens is 226 g/mol. The molecule has 7 nitrogen and oxygen atoms in total. The van der Waals surface area contributed by atoms with E-state index in [2.05, 4.69) is 15.5 Å². The molecule has 2 rings (SSSR count). The van der Waals surface area contributed by atoms with Gasteiger partial charge in [0.2, 0.25) is 0 Å². The lowest BCUT2D eigenvalue weighted by Gasteiger charge is -2.20. The number of aromatic nitrogens is 2. The van der Waals surface area contributed by atoms with Crippen molar-refractivity contribution in [1.29, 1.82) is 0 Å². The Labute approximate surface area is 99.4 Å². The van der Waals surface area contributed by atoms with E-state index in [-0.39, 0.29) is 6.04 Å². The first-order valence-electron chi connectivity index (χ1n) is 5.60. The predicted octanol–water partition coefficient (Wildman–Crippen LogP) is -0.106. The van der Waals surface area contributed by atoms with Crippen LogP contribution < -0.4 is 5.32 Å². The molecule has 0 spiro atoms. The molecule has 0 amide bonds. The van der Waals surface area contributed by atoms with Crippen molar-refractivity contribution in [1.82, 2.24) is 15.5 Å². The molecule has 0 aromatic carbocycles. The summed E-state index contributed by atoms with van der Waals surface area (Å²) in [6.07, 6.45) is 0. The highest BCUT2D eigenvalue weighted by molar-refractivity contribution is 4.94. The number of hydrogen-bond acceptors (Lipinski definition) is 7. The maximum Gasteiger partial charge on any atom is 0.252 e. The van der Waals surface area contributed by atoms with Gasteiger partial charge in [0.25, 0.3) is 5.89 Å². The fraction of sp³-hybridized carbons (Fsp3) is 0.800. The van der Waals surface area contributed by atoms with Crippen LogP contribution in [-0.4, -0.2) is 50.2 Å². The van der Waals surface area contributed by atoms with Gasteiger partial charge >= 0.3 is 0 Å². The minimum absolute atomic E-state index is 0.0141. The van der Waals surface area contributed by atoms with Crippen LogP contribution in [0.4, 0.5) is 0 Å². The zero-order valence-electron chi connectivity index (χ0n) is 9.85. The quantitative estimate of drug-likeness (QED) is 0.698. The second kappa shape index (κ2) is 6.65. The van der Waals surface area contributed by atoms with E-state index in [4.69, 9.17) is 18.7 Å². The molecular formula is C10H17N3O4. The molecule has 1 unspecified atom stereocenters. The summed E-state index contributed by atoms with van der Waals surface area (Å²) in [5.41, 5.74) is 0. The van der Waals surface area contributed by atoms with Crippen molar-refractivity contribution < 1.29 is 18.7 Å². The minimum Gasteiger partial charge on any atom is -0.382 e. The Balaban J connectivity index is 1.78. The highest BCUT2D eigenvalue weighted by atomic mass is 16.5. The number of ether oxygens (including phenoxy) is 3. The SMILES string of the molecule is COCCOCc1nc(C2COCCN2)no1. The molecule has 17 heavy (non-hydrogen) atoms. The molecule has 2 heterocycles. The van der Waals surface area contributed by atoms with E-state index in [9.17, 15) is 0 Å². The smallest absolute Gasteiger partial charge is 0.252 e. The number of methoxy groups -OCH3 is 1. The van der Waals surface area contributed by atoms with Crippen LogP contribution in [0.1, 0.15) is 17.8 Å². The molecule has 96 valence electrons. The molecule has 0 saturated carbocycles. The van der Waals surface area contributed by atoms with E-state index < -0.39 is 0 Å². The monoisotopic (exact) mass is 243 g/mol. The molecule has 1 atom stereocenters. The van der Waals surface area contributed by atoms with Crippen LogP contribution in [-0.2, 0) is 20.8 Å². The van der Waals surface area contributed by atoms with Crippen LogP contribution in [0, 0.1) is 0 Å². The van der Waals surface area contributed by atoms with Gasteiger partial charge in [0.15, 0.2) is 5.82 Å². The van der Waals surface area contributed by atoms with Gasteiger partial charge in [-0.05, 0) is 0 Å². The van der Waals surface area contributed by atoms with Gasteiger partial charge in [-0.15, -0.1) is 0 Å². The van der Waals surface area contributed by atoms with Crippen LogP contribution in [0.25, 0.3) is 0 Å². The maximum atomic E-state index is 5.33.